The molecule has 26 heavy (non-hydrogen) atoms. The van der Waals surface area contributed by atoms with E-state index in [4.69, 9.17) is 16.3 Å². The number of ether oxygens (including phenoxy) is 1. The second-order valence-electron chi connectivity index (χ2n) is 6.74. The highest BCUT2D eigenvalue weighted by Gasteiger charge is 2.34. The smallest absolute Gasteiger partial charge is 0.376 e. The van der Waals surface area contributed by atoms with Gasteiger partial charge in [-0.15, -0.1) is 0 Å². The van der Waals surface area contributed by atoms with Gasteiger partial charge in [0, 0.05) is 10.4 Å². The first kappa shape index (κ1) is 19.2. The van der Waals surface area contributed by atoms with Crippen LogP contribution in [-0.4, -0.2) is 19.7 Å². The van der Waals surface area contributed by atoms with E-state index in [-0.39, 0.29) is 17.0 Å². The third-order valence-corrected chi connectivity index (χ3v) is 5.10. The van der Waals surface area contributed by atoms with Gasteiger partial charge in [-0.3, -0.25) is 0 Å². The summed E-state index contributed by atoms with van der Waals surface area (Å²) in [7, 11) is 0. The Hall–Kier alpha value is -1.56. The highest BCUT2D eigenvalue weighted by molar-refractivity contribution is 6.30. The third-order valence-electron chi connectivity index (χ3n) is 4.88. The molecule has 0 bridgehead atoms. The lowest BCUT2D eigenvalue weighted by molar-refractivity contribution is -0.137. The van der Waals surface area contributed by atoms with Crippen molar-refractivity contribution in [2.75, 3.05) is 19.7 Å². The number of piperidine rings is 1. The van der Waals surface area contributed by atoms with E-state index in [1.54, 1.807) is 0 Å². The zero-order valence-corrected chi connectivity index (χ0v) is 15.0. The van der Waals surface area contributed by atoms with Crippen molar-refractivity contribution in [1.82, 2.24) is 5.32 Å². The van der Waals surface area contributed by atoms with Gasteiger partial charge in [-0.1, -0.05) is 41.9 Å². The number of benzene rings is 2. The molecule has 6 heteroatoms. The molecule has 2 aromatic carbocycles. The lowest BCUT2D eigenvalue weighted by atomic mass is 9.74. The van der Waals surface area contributed by atoms with E-state index in [2.05, 4.69) is 17.4 Å². The fourth-order valence-electron chi connectivity index (χ4n) is 3.48. The minimum absolute atomic E-state index is 0.0677. The second-order valence-corrected chi connectivity index (χ2v) is 7.17. The quantitative estimate of drug-likeness (QED) is 0.766. The molecule has 2 nitrogen and oxygen atoms in total. The van der Waals surface area contributed by atoms with Gasteiger partial charge in [0.1, 0.15) is 0 Å². The predicted molar refractivity (Wildman–Crippen MR) is 96.3 cm³/mol. The summed E-state index contributed by atoms with van der Waals surface area (Å²) in [5.74, 6) is 0. The number of alkyl halides is 3. The minimum Gasteiger partial charge on any atom is -0.376 e. The summed E-state index contributed by atoms with van der Waals surface area (Å²) in [6, 6.07) is 13.7. The molecule has 1 saturated heterocycles. The average Bonchev–Trinajstić information content (AvgIpc) is 2.62. The molecule has 0 saturated carbocycles. The first-order chi connectivity index (χ1) is 12.4. The van der Waals surface area contributed by atoms with E-state index < -0.39 is 11.7 Å². The average molecular weight is 384 g/mol. The van der Waals surface area contributed by atoms with E-state index in [0.29, 0.717) is 12.2 Å². The maximum atomic E-state index is 12.9. The van der Waals surface area contributed by atoms with E-state index in [1.807, 2.05) is 18.2 Å². The first-order valence-corrected chi connectivity index (χ1v) is 8.98. The number of halogens is 4. The van der Waals surface area contributed by atoms with Crippen molar-refractivity contribution < 1.29 is 17.9 Å². The number of nitrogens with one attached hydrogen (secondary N) is 1. The molecule has 1 fully saturated rings. The van der Waals surface area contributed by atoms with Crippen molar-refractivity contribution in [2.24, 2.45) is 0 Å². The van der Waals surface area contributed by atoms with Gasteiger partial charge in [-0.2, -0.15) is 13.2 Å². The summed E-state index contributed by atoms with van der Waals surface area (Å²) in [6.07, 6.45) is -2.55. The fourth-order valence-corrected chi connectivity index (χ4v) is 3.73. The molecule has 0 unspecified atom stereocenters. The molecular weight excluding hydrogens is 363 g/mol. The summed E-state index contributed by atoms with van der Waals surface area (Å²) in [5, 5.41) is 3.42. The van der Waals surface area contributed by atoms with Crippen LogP contribution in [0.2, 0.25) is 5.02 Å². The van der Waals surface area contributed by atoms with Crippen LogP contribution < -0.4 is 5.32 Å². The minimum atomic E-state index is -4.42. The van der Waals surface area contributed by atoms with E-state index >= 15 is 0 Å². The van der Waals surface area contributed by atoms with Crippen LogP contribution in [0.3, 0.4) is 0 Å². The normalized spacial score (nSPS) is 17.2. The van der Waals surface area contributed by atoms with Crippen LogP contribution in [0.25, 0.3) is 0 Å². The summed E-state index contributed by atoms with van der Waals surface area (Å²) in [4.78, 5) is 0. The maximum absolute atomic E-state index is 12.9. The van der Waals surface area contributed by atoms with Gasteiger partial charge in [0.05, 0.1) is 18.8 Å². The van der Waals surface area contributed by atoms with E-state index in [1.165, 1.54) is 11.6 Å². The third kappa shape index (κ3) is 4.58. The van der Waals surface area contributed by atoms with Crippen molar-refractivity contribution >= 4 is 11.6 Å². The van der Waals surface area contributed by atoms with E-state index in [9.17, 15) is 13.2 Å². The Morgan fingerprint density at radius 3 is 2.38 bits per heavy atom. The Morgan fingerprint density at radius 2 is 1.73 bits per heavy atom. The van der Waals surface area contributed by atoms with Gasteiger partial charge >= 0.3 is 6.18 Å². The first-order valence-electron chi connectivity index (χ1n) is 8.60. The Labute approximate surface area is 156 Å². The summed E-state index contributed by atoms with van der Waals surface area (Å²) in [6.45, 7) is 2.36. The van der Waals surface area contributed by atoms with Crippen LogP contribution in [0.5, 0.6) is 0 Å². The Balaban J connectivity index is 1.72. The Bertz CT molecular complexity index is 728. The largest absolute Gasteiger partial charge is 0.416 e. The van der Waals surface area contributed by atoms with Gasteiger partial charge in [-0.25, -0.2) is 0 Å². The molecule has 0 spiro atoms. The topological polar surface area (TPSA) is 21.3 Å². The van der Waals surface area contributed by atoms with Crippen molar-refractivity contribution in [3.05, 3.63) is 70.2 Å². The molecule has 1 N–H and O–H groups in total. The lowest BCUT2D eigenvalue weighted by Gasteiger charge is -2.38. The van der Waals surface area contributed by atoms with Crippen LogP contribution in [0.1, 0.15) is 29.5 Å². The van der Waals surface area contributed by atoms with Gasteiger partial charge in [0.25, 0.3) is 0 Å². The SMILES string of the molecule is FC(F)(F)c1cc(Cl)cc(COCC2(c3ccccc3)CCNCC2)c1. The highest BCUT2D eigenvalue weighted by atomic mass is 35.5. The Kier molecular flexibility index (Phi) is 5.90. The van der Waals surface area contributed by atoms with Crippen LogP contribution in [0.4, 0.5) is 13.2 Å². The van der Waals surface area contributed by atoms with Crippen molar-refractivity contribution in [3.63, 3.8) is 0 Å². The molecule has 140 valence electrons. The molecule has 1 aliphatic rings. The Morgan fingerprint density at radius 1 is 1.04 bits per heavy atom. The van der Waals surface area contributed by atoms with Crippen LogP contribution in [0.15, 0.2) is 48.5 Å². The zero-order chi connectivity index (χ0) is 18.6. The standard InChI is InChI=1S/C20H21ClF3NO/c21-18-11-15(10-17(12-18)20(22,23)24)13-26-14-19(6-8-25-9-7-19)16-4-2-1-3-5-16/h1-5,10-12,25H,6-9,13-14H2. The molecule has 0 amide bonds. The maximum Gasteiger partial charge on any atom is 0.416 e. The molecule has 0 aromatic heterocycles. The molecule has 0 radical (unpaired) electrons. The van der Waals surface area contributed by atoms with Gasteiger partial charge < -0.3 is 10.1 Å². The molecule has 1 heterocycles. The number of hydrogen-bond donors (Lipinski definition) is 1. The van der Waals surface area contributed by atoms with Crippen molar-refractivity contribution in [2.45, 2.75) is 31.0 Å². The zero-order valence-electron chi connectivity index (χ0n) is 14.3. The molecule has 2 aromatic rings. The molecule has 1 aliphatic heterocycles. The summed E-state index contributed by atoms with van der Waals surface area (Å²) in [5.41, 5.74) is 0.784. The monoisotopic (exact) mass is 383 g/mol. The molecule has 3 rings (SSSR count). The second kappa shape index (κ2) is 7.99. The lowest BCUT2D eigenvalue weighted by Crippen LogP contribution is -2.43. The number of rotatable bonds is 5. The van der Waals surface area contributed by atoms with Crippen molar-refractivity contribution in [3.8, 4) is 0 Å². The van der Waals surface area contributed by atoms with Crippen molar-refractivity contribution in [1.29, 1.82) is 0 Å². The fraction of sp³-hybridized carbons (Fsp3) is 0.400. The van der Waals surface area contributed by atoms with Crippen LogP contribution in [0, 0.1) is 0 Å². The molecular formula is C20H21ClF3NO. The summed E-state index contributed by atoms with van der Waals surface area (Å²) >= 11 is 5.84. The predicted octanol–water partition coefficient (Wildman–Crippen LogP) is 5.20. The van der Waals surface area contributed by atoms with Gasteiger partial charge in [-0.05, 0) is 55.3 Å². The highest BCUT2D eigenvalue weighted by Crippen LogP contribution is 2.35. The molecule has 0 aliphatic carbocycles. The van der Waals surface area contributed by atoms with Gasteiger partial charge in [0.15, 0.2) is 0 Å². The van der Waals surface area contributed by atoms with Crippen LogP contribution in [-0.2, 0) is 22.9 Å². The summed E-state index contributed by atoms with van der Waals surface area (Å²) < 4.78 is 44.7. The van der Waals surface area contributed by atoms with Gasteiger partial charge in [0.2, 0.25) is 0 Å². The van der Waals surface area contributed by atoms with Crippen LogP contribution >= 0.6 is 11.6 Å². The molecule has 0 atom stereocenters. The van der Waals surface area contributed by atoms with E-state index in [0.717, 1.165) is 38.1 Å². The number of hydrogen-bond acceptors (Lipinski definition) is 2.